The topological polar surface area (TPSA) is 69.9 Å². The minimum atomic E-state index is -1.50. The molecule has 80 valence electrons. The molecule has 0 saturated carbocycles. The van der Waals surface area contributed by atoms with Crippen LogP contribution in [-0.4, -0.2) is 39.9 Å². The SMILES string of the molecule is CC(C)(O)O.CC1CCC(CO)O1. The monoisotopic (exact) mass is 192 g/mol. The second-order valence-electron chi connectivity index (χ2n) is 3.82. The number of aliphatic hydroxyl groups is 3. The van der Waals surface area contributed by atoms with Crippen LogP contribution in [0.3, 0.4) is 0 Å². The highest BCUT2D eigenvalue weighted by atomic mass is 16.5. The van der Waals surface area contributed by atoms with Gasteiger partial charge in [-0.1, -0.05) is 0 Å². The number of rotatable bonds is 1. The van der Waals surface area contributed by atoms with Gasteiger partial charge in [-0.05, 0) is 33.6 Å². The van der Waals surface area contributed by atoms with Gasteiger partial charge < -0.3 is 20.1 Å². The predicted octanol–water partition coefficient (Wildman–Crippen LogP) is 0.253. The molecule has 1 aliphatic heterocycles. The molecule has 1 rings (SSSR count). The molecule has 0 aromatic heterocycles. The van der Waals surface area contributed by atoms with E-state index in [0.29, 0.717) is 6.10 Å². The molecule has 0 aliphatic carbocycles. The standard InChI is InChI=1S/C6H12O2.C3H8O2/c1-5-2-3-6(4-7)8-5;1-3(2,4)5/h5-7H,2-4H2,1H3;4-5H,1-2H3. The first-order chi connectivity index (χ1) is 5.83. The van der Waals surface area contributed by atoms with Crippen molar-refractivity contribution in [1.29, 1.82) is 0 Å². The van der Waals surface area contributed by atoms with Crippen LogP contribution < -0.4 is 0 Å². The maximum Gasteiger partial charge on any atom is 0.156 e. The summed E-state index contributed by atoms with van der Waals surface area (Å²) >= 11 is 0. The van der Waals surface area contributed by atoms with Crippen LogP contribution in [0.5, 0.6) is 0 Å². The van der Waals surface area contributed by atoms with Gasteiger partial charge in [0.1, 0.15) is 0 Å². The van der Waals surface area contributed by atoms with Crippen LogP contribution in [0.1, 0.15) is 33.6 Å². The summed E-state index contributed by atoms with van der Waals surface area (Å²) in [4.78, 5) is 0. The van der Waals surface area contributed by atoms with Crippen LogP contribution in [0.15, 0.2) is 0 Å². The van der Waals surface area contributed by atoms with Crippen molar-refractivity contribution in [1.82, 2.24) is 0 Å². The van der Waals surface area contributed by atoms with Crippen LogP contribution in [-0.2, 0) is 4.74 Å². The maximum absolute atomic E-state index is 8.56. The quantitative estimate of drug-likeness (QED) is 0.521. The number of ether oxygens (including phenoxy) is 1. The molecular weight excluding hydrogens is 172 g/mol. The van der Waals surface area contributed by atoms with Crippen LogP contribution in [0, 0.1) is 0 Å². The molecule has 13 heavy (non-hydrogen) atoms. The van der Waals surface area contributed by atoms with Gasteiger partial charge in [-0.15, -0.1) is 0 Å². The van der Waals surface area contributed by atoms with Crippen molar-refractivity contribution in [3.63, 3.8) is 0 Å². The van der Waals surface area contributed by atoms with Crippen molar-refractivity contribution >= 4 is 0 Å². The van der Waals surface area contributed by atoms with E-state index in [1.807, 2.05) is 6.92 Å². The Balaban J connectivity index is 0.000000252. The second kappa shape index (κ2) is 5.54. The van der Waals surface area contributed by atoms with E-state index in [4.69, 9.17) is 20.1 Å². The van der Waals surface area contributed by atoms with Gasteiger partial charge in [0, 0.05) is 0 Å². The first kappa shape index (κ1) is 12.8. The lowest BCUT2D eigenvalue weighted by atomic mass is 10.2. The van der Waals surface area contributed by atoms with Gasteiger partial charge in [0.15, 0.2) is 5.79 Å². The average molecular weight is 192 g/mol. The Bertz CT molecular complexity index is 124. The number of hydrogen-bond acceptors (Lipinski definition) is 4. The lowest BCUT2D eigenvalue weighted by molar-refractivity contribution is -0.127. The lowest BCUT2D eigenvalue weighted by Gasteiger charge is -2.05. The van der Waals surface area contributed by atoms with E-state index in [9.17, 15) is 0 Å². The smallest absolute Gasteiger partial charge is 0.156 e. The Morgan fingerprint density at radius 1 is 1.31 bits per heavy atom. The second-order valence-corrected chi connectivity index (χ2v) is 3.82. The van der Waals surface area contributed by atoms with Gasteiger partial charge in [0.25, 0.3) is 0 Å². The van der Waals surface area contributed by atoms with Gasteiger partial charge in [-0.2, -0.15) is 0 Å². The van der Waals surface area contributed by atoms with Crippen LogP contribution in [0.4, 0.5) is 0 Å². The van der Waals surface area contributed by atoms with Crippen molar-refractivity contribution in [3.8, 4) is 0 Å². The van der Waals surface area contributed by atoms with Gasteiger partial charge in [0.05, 0.1) is 18.8 Å². The minimum absolute atomic E-state index is 0.130. The lowest BCUT2D eigenvalue weighted by Crippen LogP contribution is -2.15. The predicted molar refractivity (Wildman–Crippen MR) is 49.2 cm³/mol. The molecule has 1 heterocycles. The van der Waals surface area contributed by atoms with Crippen LogP contribution >= 0.6 is 0 Å². The maximum atomic E-state index is 8.56. The molecule has 0 aromatic rings. The Kier molecular flexibility index (Phi) is 5.48. The average Bonchev–Trinajstić information content (AvgIpc) is 2.31. The van der Waals surface area contributed by atoms with Gasteiger partial charge in [0.2, 0.25) is 0 Å². The molecule has 2 unspecified atom stereocenters. The molecular formula is C9H20O4. The van der Waals surface area contributed by atoms with Gasteiger partial charge in [-0.3, -0.25) is 0 Å². The summed E-state index contributed by atoms with van der Waals surface area (Å²) < 4.78 is 5.26. The van der Waals surface area contributed by atoms with E-state index in [-0.39, 0.29) is 12.7 Å². The molecule has 0 amide bonds. The first-order valence-electron chi connectivity index (χ1n) is 4.54. The van der Waals surface area contributed by atoms with E-state index < -0.39 is 5.79 Å². The molecule has 1 aliphatic rings. The fraction of sp³-hybridized carbons (Fsp3) is 1.00. The third kappa shape index (κ3) is 9.76. The van der Waals surface area contributed by atoms with E-state index in [0.717, 1.165) is 12.8 Å². The van der Waals surface area contributed by atoms with Crippen LogP contribution in [0.25, 0.3) is 0 Å². The summed E-state index contributed by atoms with van der Waals surface area (Å²) in [6.45, 7) is 4.82. The zero-order chi connectivity index (χ0) is 10.5. The van der Waals surface area contributed by atoms with Gasteiger partial charge >= 0.3 is 0 Å². The summed E-state index contributed by atoms with van der Waals surface area (Å²) in [5.74, 6) is -1.50. The Morgan fingerprint density at radius 2 is 1.77 bits per heavy atom. The fourth-order valence-corrected chi connectivity index (χ4v) is 1.02. The summed E-state index contributed by atoms with van der Waals surface area (Å²) in [5, 5.41) is 24.7. The first-order valence-corrected chi connectivity index (χ1v) is 4.54. The highest BCUT2D eigenvalue weighted by Crippen LogP contribution is 2.17. The molecule has 0 aromatic carbocycles. The van der Waals surface area contributed by atoms with Crippen molar-refractivity contribution in [2.24, 2.45) is 0 Å². The molecule has 0 radical (unpaired) electrons. The minimum Gasteiger partial charge on any atom is -0.394 e. The van der Waals surface area contributed by atoms with E-state index >= 15 is 0 Å². The molecule has 1 fully saturated rings. The highest BCUT2D eigenvalue weighted by molar-refractivity contribution is 4.68. The summed E-state index contributed by atoms with van der Waals surface area (Å²) in [7, 11) is 0. The van der Waals surface area contributed by atoms with Gasteiger partial charge in [-0.25, -0.2) is 0 Å². The Morgan fingerprint density at radius 3 is 1.92 bits per heavy atom. The molecule has 3 N–H and O–H groups in total. The van der Waals surface area contributed by atoms with E-state index in [1.165, 1.54) is 13.8 Å². The zero-order valence-corrected chi connectivity index (χ0v) is 8.53. The van der Waals surface area contributed by atoms with Crippen molar-refractivity contribution < 1.29 is 20.1 Å². The summed E-state index contributed by atoms with van der Waals surface area (Å²) in [5.41, 5.74) is 0. The van der Waals surface area contributed by atoms with Crippen molar-refractivity contribution in [3.05, 3.63) is 0 Å². The largest absolute Gasteiger partial charge is 0.394 e. The molecule has 4 nitrogen and oxygen atoms in total. The summed E-state index contributed by atoms with van der Waals surface area (Å²) in [6, 6.07) is 0. The third-order valence-corrected chi connectivity index (χ3v) is 1.52. The highest BCUT2D eigenvalue weighted by Gasteiger charge is 2.19. The Hall–Kier alpha value is -0.160. The third-order valence-electron chi connectivity index (χ3n) is 1.52. The van der Waals surface area contributed by atoms with Crippen molar-refractivity contribution in [2.75, 3.05) is 6.61 Å². The molecule has 4 heteroatoms. The molecule has 2 atom stereocenters. The van der Waals surface area contributed by atoms with E-state index in [2.05, 4.69) is 0 Å². The number of hydrogen-bond donors (Lipinski definition) is 3. The summed E-state index contributed by atoms with van der Waals surface area (Å²) in [6.07, 6.45) is 2.63. The van der Waals surface area contributed by atoms with Crippen LogP contribution in [0.2, 0.25) is 0 Å². The normalized spacial score (nSPS) is 28.2. The molecule has 0 bridgehead atoms. The number of aliphatic hydroxyl groups excluding tert-OH is 1. The zero-order valence-electron chi connectivity index (χ0n) is 8.53. The van der Waals surface area contributed by atoms with E-state index in [1.54, 1.807) is 0 Å². The fourth-order valence-electron chi connectivity index (χ4n) is 1.02. The Labute approximate surface area is 79.2 Å². The van der Waals surface area contributed by atoms with Crippen molar-refractivity contribution in [2.45, 2.75) is 51.6 Å². The molecule has 0 spiro atoms. The molecule has 1 saturated heterocycles.